The minimum absolute atomic E-state index is 0.805. The average molecular weight is 259 g/mol. The summed E-state index contributed by atoms with van der Waals surface area (Å²) in [4.78, 5) is 5.29. The van der Waals surface area contributed by atoms with Crippen LogP contribution in [0.4, 0.5) is 0 Å². The molecule has 0 spiro atoms. The lowest BCUT2D eigenvalue weighted by molar-refractivity contribution is 0.148. The first-order valence-corrected chi connectivity index (χ1v) is 7.54. The number of nitrogens with one attached hydrogen (secondary N) is 1. The topological polar surface area (TPSA) is 18.5 Å². The minimum atomic E-state index is 0.805. The lowest BCUT2D eigenvalue weighted by atomic mass is 10.1. The van der Waals surface area contributed by atoms with Crippen molar-refractivity contribution in [3.63, 3.8) is 0 Å². The van der Waals surface area contributed by atoms with Crippen LogP contribution in [0.15, 0.2) is 24.3 Å². The van der Waals surface area contributed by atoms with Gasteiger partial charge < -0.3 is 5.32 Å². The molecule has 2 saturated heterocycles. The van der Waals surface area contributed by atoms with Gasteiger partial charge in [-0.2, -0.15) is 0 Å². The molecule has 1 aromatic carbocycles. The van der Waals surface area contributed by atoms with E-state index in [9.17, 15) is 0 Å². The van der Waals surface area contributed by atoms with E-state index in [0.717, 1.165) is 12.6 Å². The van der Waals surface area contributed by atoms with Crippen LogP contribution in [0.3, 0.4) is 0 Å². The smallest absolute Gasteiger partial charge is 0.0345 e. The number of nitrogens with zero attached hydrogens (tertiary/aromatic N) is 2. The third kappa shape index (κ3) is 3.35. The Hall–Kier alpha value is -0.900. The molecule has 0 saturated carbocycles. The second-order valence-corrected chi connectivity index (χ2v) is 5.97. The summed E-state index contributed by atoms with van der Waals surface area (Å²) in [5.41, 5.74) is 2.83. The molecule has 0 bridgehead atoms. The van der Waals surface area contributed by atoms with Crippen molar-refractivity contribution in [1.82, 2.24) is 15.1 Å². The maximum atomic E-state index is 3.38. The van der Waals surface area contributed by atoms with Gasteiger partial charge in [0.2, 0.25) is 0 Å². The van der Waals surface area contributed by atoms with Gasteiger partial charge in [0.25, 0.3) is 0 Å². The van der Waals surface area contributed by atoms with E-state index in [4.69, 9.17) is 0 Å². The van der Waals surface area contributed by atoms with Crippen molar-refractivity contribution in [1.29, 1.82) is 0 Å². The van der Waals surface area contributed by atoms with Crippen LogP contribution in [0.1, 0.15) is 17.5 Å². The number of aryl methyl sites for hydroxylation is 1. The number of rotatable bonds is 3. The Labute approximate surface area is 116 Å². The molecule has 3 heteroatoms. The Bertz CT molecular complexity index is 414. The molecule has 2 fully saturated rings. The van der Waals surface area contributed by atoms with Gasteiger partial charge in [0.05, 0.1) is 0 Å². The molecule has 3 rings (SSSR count). The summed E-state index contributed by atoms with van der Waals surface area (Å²) >= 11 is 0. The van der Waals surface area contributed by atoms with Crippen molar-refractivity contribution >= 4 is 0 Å². The summed E-state index contributed by atoms with van der Waals surface area (Å²) in [7, 11) is 0. The summed E-state index contributed by atoms with van der Waals surface area (Å²) in [5.74, 6) is 0. The van der Waals surface area contributed by atoms with Crippen LogP contribution in [0, 0.1) is 6.92 Å². The van der Waals surface area contributed by atoms with Crippen molar-refractivity contribution in [3.8, 4) is 0 Å². The standard InChI is InChI=1S/C16H25N3/c1-14-4-2-5-15(10-14)13-18-6-3-7-19(9-8-18)16-11-17-12-16/h2,4-5,10,16-17H,3,6-9,11-13H2,1H3. The van der Waals surface area contributed by atoms with Crippen molar-refractivity contribution in [3.05, 3.63) is 35.4 Å². The van der Waals surface area contributed by atoms with Gasteiger partial charge in [0.1, 0.15) is 0 Å². The zero-order valence-corrected chi connectivity index (χ0v) is 11.9. The molecule has 0 radical (unpaired) electrons. The first kappa shape index (κ1) is 13.1. The van der Waals surface area contributed by atoms with Crippen LogP contribution in [0.2, 0.25) is 0 Å². The summed E-state index contributed by atoms with van der Waals surface area (Å²) in [6.45, 7) is 10.6. The van der Waals surface area contributed by atoms with Crippen LogP contribution >= 0.6 is 0 Å². The summed E-state index contributed by atoms with van der Waals surface area (Å²) < 4.78 is 0. The molecule has 2 aliphatic heterocycles. The highest BCUT2D eigenvalue weighted by atomic mass is 15.3. The molecule has 104 valence electrons. The van der Waals surface area contributed by atoms with Gasteiger partial charge in [-0.25, -0.2) is 0 Å². The molecule has 0 aliphatic carbocycles. The molecule has 19 heavy (non-hydrogen) atoms. The third-order valence-corrected chi connectivity index (χ3v) is 4.39. The molecule has 0 aromatic heterocycles. The Kier molecular flexibility index (Phi) is 4.16. The SMILES string of the molecule is Cc1cccc(CN2CCCN(C3CNC3)CC2)c1. The fourth-order valence-electron chi connectivity index (χ4n) is 3.11. The first-order chi connectivity index (χ1) is 9.31. The van der Waals surface area contributed by atoms with Crippen LogP contribution < -0.4 is 5.32 Å². The molecule has 2 aliphatic rings. The van der Waals surface area contributed by atoms with E-state index in [-0.39, 0.29) is 0 Å². The van der Waals surface area contributed by atoms with E-state index in [1.807, 2.05) is 0 Å². The lowest BCUT2D eigenvalue weighted by Crippen LogP contribution is -2.57. The van der Waals surface area contributed by atoms with E-state index in [1.54, 1.807) is 0 Å². The normalized spacial score (nSPS) is 23.0. The van der Waals surface area contributed by atoms with E-state index in [0.29, 0.717) is 0 Å². The second kappa shape index (κ2) is 6.04. The fraction of sp³-hybridized carbons (Fsp3) is 0.625. The van der Waals surface area contributed by atoms with Crippen molar-refractivity contribution in [2.24, 2.45) is 0 Å². The van der Waals surface area contributed by atoms with Gasteiger partial charge in [0.15, 0.2) is 0 Å². The van der Waals surface area contributed by atoms with Gasteiger partial charge in [0, 0.05) is 38.8 Å². The molecular formula is C16H25N3. The molecular weight excluding hydrogens is 234 g/mol. The highest BCUT2D eigenvalue weighted by Crippen LogP contribution is 2.13. The summed E-state index contributed by atoms with van der Waals surface area (Å²) in [6.07, 6.45) is 1.31. The predicted octanol–water partition coefficient (Wildman–Crippen LogP) is 1.47. The molecule has 0 amide bonds. The van der Waals surface area contributed by atoms with Gasteiger partial charge >= 0.3 is 0 Å². The highest BCUT2D eigenvalue weighted by molar-refractivity contribution is 5.22. The van der Waals surface area contributed by atoms with Crippen molar-refractivity contribution in [2.75, 3.05) is 39.3 Å². The first-order valence-electron chi connectivity index (χ1n) is 7.54. The third-order valence-electron chi connectivity index (χ3n) is 4.39. The predicted molar refractivity (Wildman–Crippen MR) is 79.3 cm³/mol. The quantitative estimate of drug-likeness (QED) is 0.887. The van der Waals surface area contributed by atoms with Gasteiger partial charge in [-0.1, -0.05) is 29.8 Å². The molecule has 0 unspecified atom stereocenters. The van der Waals surface area contributed by atoms with E-state index in [2.05, 4.69) is 46.3 Å². The van der Waals surface area contributed by atoms with Gasteiger partial charge in [-0.05, 0) is 32.0 Å². The molecule has 1 N–H and O–H groups in total. The average Bonchev–Trinajstić information content (AvgIpc) is 2.53. The van der Waals surface area contributed by atoms with Crippen LogP contribution in [-0.4, -0.2) is 55.1 Å². The number of hydrogen-bond donors (Lipinski definition) is 1. The minimum Gasteiger partial charge on any atom is -0.314 e. The Balaban J connectivity index is 1.54. The zero-order valence-electron chi connectivity index (χ0n) is 11.9. The molecule has 2 heterocycles. The molecule has 3 nitrogen and oxygen atoms in total. The monoisotopic (exact) mass is 259 g/mol. The number of hydrogen-bond acceptors (Lipinski definition) is 3. The highest BCUT2D eigenvalue weighted by Gasteiger charge is 2.26. The number of benzene rings is 1. The Morgan fingerprint density at radius 1 is 1.16 bits per heavy atom. The van der Waals surface area contributed by atoms with E-state index in [1.165, 1.54) is 56.8 Å². The summed E-state index contributed by atoms with van der Waals surface area (Å²) in [5, 5.41) is 3.38. The van der Waals surface area contributed by atoms with E-state index >= 15 is 0 Å². The molecule has 1 aromatic rings. The Morgan fingerprint density at radius 2 is 2.05 bits per heavy atom. The maximum absolute atomic E-state index is 3.38. The van der Waals surface area contributed by atoms with E-state index < -0.39 is 0 Å². The summed E-state index contributed by atoms with van der Waals surface area (Å²) in [6, 6.07) is 9.73. The zero-order chi connectivity index (χ0) is 13.1. The van der Waals surface area contributed by atoms with Crippen LogP contribution in [-0.2, 0) is 6.54 Å². The van der Waals surface area contributed by atoms with Crippen LogP contribution in [0.25, 0.3) is 0 Å². The maximum Gasteiger partial charge on any atom is 0.0345 e. The Morgan fingerprint density at radius 3 is 2.79 bits per heavy atom. The lowest BCUT2D eigenvalue weighted by Gasteiger charge is -2.37. The van der Waals surface area contributed by atoms with Gasteiger partial charge in [-0.15, -0.1) is 0 Å². The second-order valence-electron chi connectivity index (χ2n) is 5.97. The van der Waals surface area contributed by atoms with Crippen LogP contribution in [0.5, 0.6) is 0 Å². The fourth-order valence-corrected chi connectivity index (χ4v) is 3.11. The van der Waals surface area contributed by atoms with Gasteiger partial charge in [-0.3, -0.25) is 9.80 Å². The largest absolute Gasteiger partial charge is 0.314 e. The molecule has 0 atom stereocenters. The van der Waals surface area contributed by atoms with Crippen molar-refractivity contribution < 1.29 is 0 Å². The van der Waals surface area contributed by atoms with Crippen molar-refractivity contribution in [2.45, 2.75) is 25.9 Å².